The van der Waals surface area contributed by atoms with Gasteiger partial charge >= 0.3 is 0 Å². The Bertz CT molecular complexity index is 1190. The van der Waals surface area contributed by atoms with Crippen LogP contribution in [0, 0.1) is 0 Å². The lowest BCUT2D eigenvalue weighted by Gasteiger charge is -2.16. The van der Waals surface area contributed by atoms with Crippen molar-refractivity contribution in [1.82, 2.24) is 24.4 Å². The number of carbonyl (C=O) groups is 2. The first kappa shape index (κ1) is 20.8. The molecule has 4 rings (SSSR count). The highest BCUT2D eigenvalue weighted by Gasteiger charge is 2.34. The average Bonchev–Trinajstić information content (AvgIpc) is 3.32. The summed E-state index contributed by atoms with van der Waals surface area (Å²) < 4.78 is 2.96. The summed E-state index contributed by atoms with van der Waals surface area (Å²) in [4.78, 5) is 40.8. The van der Waals surface area contributed by atoms with Gasteiger partial charge in [-0.3, -0.25) is 14.4 Å². The molecule has 31 heavy (non-hydrogen) atoms. The second-order valence-electron chi connectivity index (χ2n) is 8.19. The van der Waals surface area contributed by atoms with Crippen LogP contribution >= 0.6 is 0 Å². The van der Waals surface area contributed by atoms with E-state index < -0.39 is 0 Å². The van der Waals surface area contributed by atoms with E-state index in [4.69, 9.17) is 0 Å². The molecule has 8 heteroatoms. The number of aromatic nitrogens is 3. The van der Waals surface area contributed by atoms with Crippen molar-refractivity contribution in [3.63, 3.8) is 0 Å². The van der Waals surface area contributed by atoms with E-state index in [0.717, 1.165) is 18.4 Å². The third kappa shape index (κ3) is 3.85. The van der Waals surface area contributed by atoms with E-state index in [1.165, 1.54) is 4.52 Å². The topological polar surface area (TPSA) is 88.7 Å². The summed E-state index contributed by atoms with van der Waals surface area (Å²) in [6.45, 7) is 6.59. The Hall–Kier alpha value is -3.42. The SMILES string of the molecule is CCCCN1Cc2c(n(CC(=O)NC(C)C)c3cc(-c4ccccc4)nn3c2=O)C1=O. The Morgan fingerprint density at radius 2 is 1.94 bits per heavy atom. The molecule has 1 aliphatic heterocycles. The first-order valence-corrected chi connectivity index (χ1v) is 10.7. The molecule has 2 amide bonds. The third-order valence-electron chi connectivity index (χ3n) is 5.41. The van der Waals surface area contributed by atoms with Crippen molar-refractivity contribution in [3.8, 4) is 11.3 Å². The molecule has 2 aromatic heterocycles. The first-order valence-electron chi connectivity index (χ1n) is 10.7. The normalized spacial score (nSPS) is 13.3. The predicted molar refractivity (Wildman–Crippen MR) is 118 cm³/mol. The fraction of sp³-hybridized carbons (Fsp3) is 0.391. The Balaban J connectivity index is 1.88. The van der Waals surface area contributed by atoms with Crippen molar-refractivity contribution in [2.45, 2.75) is 52.7 Å². The molecular weight excluding hydrogens is 394 g/mol. The fourth-order valence-corrected chi connectivity index (χ4v) is 3.97. The number of fused-ring (bicyclic) bond motifs is 2. The van der Waals surface area contributed by atoms with Crippen LogP contribution in [-0.2, 0) is 17.9 Å². The minimum absolute atomic E-state index is 0.0301. The summed E-state index contributed by atoms with van der Waals surface area (Å²) in [6.07, 6.45) is 1.81. The second kappa shape index (κ2) is 8.37. The molecule has 0 saturated heterocycles. The second-order valence-corrected chi connectivity index (χ2v) is 8.19. The molecule has 1 aromatic carbocycles. The van der Waals surface area contributed by atoms with E-state index in [0.29, 0.717) is 29.1 Å². The largest absolute Gasteiger partial charge is 0.352 e. The van der Waals surface area contributed by atoms with Gasteiger partial charge in [0, 0.05) is 24.2 Å². The smallest absolute Gasteiger partial charge is 0.280 e. The highest BCUT2D eigenvalue weighted by molar-refractivity contribution is 5.98. The lowest BCUT2D eigenvalue weighted by molar-refractivity contribution is -0.122. The lowest BCUT2D eigenvalue weighted by atomic mass is 10.1. The van der Waals surface area contributed by atoms with Gasteiger partial charge < -0.3 is 14.8 Å². The van der Waals surface area contributed by atoms with Crippen LogP contribution in [-0.4, -0.2) is 43.5 Å². The van der Waals surface area contributed by atoms with Crippen LogP contribution in [0.3, 0.4) is 0 Å². The van der Waals surface area contributed by atoms with E-state index in [2.05, 4.69) is 17.3 Å². The molecule has 0 radical (unpaired) electrons. The summed E-state index contributed by atoms with van der Waals surface area (Å²) in [6, 6.07) is 11.3. The van der Waals surface area contributed by atoms with Gasteiger partial charge in [0.15, 0.2) is 0 Å². The van der Waals surface area contributed by atoms with Gasteiger partial charge in [0.1, 0.15) is 17.9 Å². The average molecular weight is 422 g/mol. The monoisotopic (exact) mass is 421 g/mol. The van der Waals surface area contributed by atoms with E-state index in [1.54, 1.807) is 15.5 Å². The summed E-state index contributed by atoms with van der Waals surface area (Å²) >= 11 is 0. The van der Waals surface area contributed by atoms with Crippen molar-refractivity contribution >= 4 is 17.5 Å². The Morgan fingerprint density at radius 3 is 2.61 bits per heavy atom. The van der Waals surface area contributed by atoms with Gasteiger partial charge in [-0.1, -0.05) is 43.7 Å². The van der Waals surface area contributed by atoms with Crippen molar-refractivity contribution in [2.24, 2.45) is 0 Å². The standard InChI is InChI=1S/C23H27N5O3/c1-4-5-11-26-13-17-21(23(26)31)27(14-19(29)24-15(2)3)20-12-18(25-28(20)22(17)30)16-9-7-6-8-10-16/h6-10,12,15H,4-5,11,13-14H2,1-3H3,(H,24,29). The molecule has 8 nitrogen and oxygen atoms in total. The van der Waals surface area contributed by atoms with E-state index in [1.807, 2.05) is 44.2 Å². The number of nitrogens with zero attached hydrogens (tertiary/aromatic N) is 4. The first-order chi connectivity index (χ1) is 14.9. The zero-order valence-electron chi connectivity index (χ0n) is 18.1. The Kier molecular flexibility index (Phi) is 5.63. The van der Waals surface area contributed by atoms with E-state index in [-0.39, 0.29) is 36.5 Å². The minimum atomic E-state index is -0.306. The molecule has 0 unspecified atom stereocenters. The van der Waals surface area contributed by atoms with Gasteiger partial charge in [-0.25, -0.2) is 0 Å². The number of hydrogen-bond donors (Lipinski definition) is 1. The quantitative estimate of drug-likeness (QED) is 0.635. The maximum atomic E-state index is 13.3. The molecule has 3 heterocycles. The molecule has 0 spiro atoms. The summed E-state index contributed by atoms with van der Waals surface area (Å²) in [5.41, 5.74) is 2.31. The molecule has 162 valence electrons. The summed E-state index contributed by atoms with van der Waals surface area (Å²) in [7, 11) is 0. The van der Waals surface area contributed by atoms with Crippen LogP contribution < -0.4 is 10.9 Å². The lowest BCUT2D eigenvalue weighted by Crippen LogP contribution is -2.36. The fourth-order valence-electron chi connectivity index (χ4n) is 3.97. The van der Waals surface area contributed by atoms with Gasteiger partial charge in [0.25, 0.3) is 11.5 Å². The van der Waals surface area contributed by atoms with Crippen molar-refractivity contribution < 1.29 is 9.59 Å². The van der Waals surface area contributed by atoms with Crippen LogP contribution in [0.2, 0.25) is 0 Å². The maximum Gasteiger partial charge on any atom is 0.280 e. The number of nitrogens with one attached hydrogen (secondary N) is 1. The van der Waals surface area contributed by atoms with Crippen molar-refractivity contribution in [1.29, 1.82) is 0 Å². The number of hydrogen-bond acceptors (Lipinski definition) is 4. The van der Waals surface area contributed by atoms with Gasteiger partial charge in [0.2, 0.25) is 5.91 Å². The maximum absolute atomic E-state index is 13.3. The third-order valence-corrected chi connectivity index (χ3v) is 5.41. The van der Waals surface area contributed by atoms with Crippen LogP contribution in [0.15, 0.2) is 41.2 Å². The molecule has 0 atom stereocenters. The molecule has 0 bridgehead atoms. The van der Waals surface area contributed by atoms with Crippen molar-refractivity contribution in [3.05, 3.63) is 58.0 Å². The van der Waals surface area contributed by atoms with Gasteiger partial charge in [-0.2, -0.15) is 9.61 Å². The summed E-state index contributed by atoms with van der Waals surface area (Å²) in [5, 5.41) is 7.39. The molecule has 1 aliphatic rings. The predicted octanol–water partition coefficient (Wildman–Crippen LogP) is 2.44. The summed E-state index contributed by atoms with van der Waals surface area (Å²) in [5.74, 6) is -0.423. The Morgan fingerprint density at radius 1 is 1.19 bits per heavy atom. The number of amides is 2. The molecule has 0 fully saturated rings. The van der Waals surface area contributed by atoms with E-state index >= 15 is 0 Å². The number of carbonyl (C=O) groups excluding carboxylic acids is 2. The van der Waals surface area contributed by atoms with Crippen LogP contribution in [0.5, 0.6) is 0 Å². The van der Waals surface area contributed by atoms with Crippen LogP contribution in [0.25, 0.3) is 16.9 Å². The van der Waals surface area contributed by atoms with Crippen molar-refractivity contribution in [2.75, 3.05) is 6.54 Å². The molecular formula is C23H27N5O3. The number of benzene rings is 1. The van der Waals surface area contributed by atoms with Crippen LogP contribution in [0.1, 0.15) is 49.7 Å². The van der Waals surface area contributed by atoms with E-state index in [9.17, 15) is 14.4 Å². The number of rotatable bonds is 7. The molecule has 1 N–H and O–H groups in total. The van der Waals surface area contributed by atoms with Gasteiger partial charge in [0.05, 0.1) is 17.8 Å². The Labute approximate surface area is 180 Å². The zero-order chi connectivity index (χ0) is 22.1. The van der Waals surface area contributed by atoms with Gasteiger partial charge in [-0.15, -0.1) is 0 Å². The highest BCUT2D eigenvalue weighted by atomic mass is 16.2. The van der Waals surface area contributed by atoms with Crippen LogP contribution in [0.4, 0.5) is 0 Å². The highest BCUT2D eigenvalue weighted by Crippen LogP contribution is 2.25. The minimum Gasteiger partial charge on any atom is -0.352 e. The molecule has 0 saturated carbocycles. The zero-order valence-corrected chi connectivity index (χ0v) is 18.1. The van der Waals surface area contributed by atoms with Gasteiger partial charge in [-0.05, 0) is 20.3 Å². The number of unbranched alkanes of at least 4 members (excludes halogenated alkanes) is 1. The molecule has 3 aromatic rings. The molecule has 0 aliphatic carbocycles.